The molecule has 4 heteroatoms. The van der Waals surface area contributed by atoms with Crippen molar-refractivity contribution in [3.05, 3.63) is 222 Å². The second-order valence-electron chi connectivity index (χ2n) is 14.8. The highest BCUT2D eigenvalue weighted by Gasteiger charge is 2.13. The highest BCUT2D eigenvalue weighted by atomic mass is 14.9. The third-order valence-corrected chi connectivity index (χ3v) is 11.0. The van der Waals surface area contributed by atoms with E-state index < -0.39 is 0 Å². The maximum atomic E-state index is 10.1. The predicted octanol–water partition coefficient (Wildman–Crippen LogP) is 11.8. The average Bonchev–Trinajstić information content (AvgIpc) is 3.54. The van der Waals surface area contributed by atoms with Crippen molar-refractivity contribution in [1.29, 1.82) is 5.26 Å². The fraction of sp³-hybridized carbons (Fsp3) is 0.0182. The monoisotopic (exact) mass is 752 g/mol. The van der Waals surface area contributed by atoms with Crippen molar-refractivity contribution in [3.63, 3.8) is 0 Å². The lowest BCUT2D eigenvalue weighted by Gasteiger charge is -2.11. The molecule has 0 radical (unpaired) electrons. The van der Waals surface area contributed by atoms with E-state index in [9.17, 15) is 5.26 Å². The third-order valence-electron chi connectivity index (χ3n) is 11.0. The standard InChI is InChI=1S/C55H36N4/c56-36-37-30-48(39-17-23-41(24-18-39)51-16-8-7-14-44-15-9-29-57-54(44)51)34-49(31-37)47-28-22-40-21-27-46(32-50(40)33-47)38-19-25-45(26-20-38)55-58-52(42-10-3-1-4-11-42)35-53(59-55)43-12-5-2-6-13-43/h1-15,17-35H,16H2. The molecule has 0 amide bonds. The van der Waals surface area contributed by atoms with E-state index in [0.717, 1.165) is 94.8 Å². The molecule has 1 aliphatic rings. The molecule has 1 aliphatic carbocycles. The Bertz CT molecular complexity index is 3160. The Morgan fingerprint density at radius 2 is 1.00 bits per heavy atom. The van der Waals surface area contributed by atoms with Crippen LogP contribution < -0.4 is 10.6 Å². The minimum atomic E-state index is 0.627. The molecule has 0 aliphatic heterocycles. The first-order chi connectivity index (χ1) is 29.1. The van der Waals surface area contributed by atoms with Crippen molar-refractivity contribution < 1.29 is 0 Å². The lowest BCUT2D eigenvalue weighted by Crippen LogP contribution is -2.29. The summed E-state index contributed by atoms with van der Waals surface area (Å²) in [6.45, 7) is 0. The van der Waals surface area contributed by atoms with E-state index >= 15 is 0 Å². The Labute approximate surface area is 343 Å². The van der Waals surface area contributed by atoms with Gasteiger partial charge in [-0.3, -0.25) is 4.98 Å². The van der Waals surface area contributed by atoms with Gasteiger partial charge in [-0.15, -0.1) is 0 Å². The van der Waals surface area contributed by atoms with E-state index in [0.29, 0.717) is 11.4 Å². The van der Waals surface area contributed by atoms with E-state index in [1.165, 1.54) is 5.57 Å². The molecule has 7 aromatic carbocycles. The van der Waals surface area contributed by atoms with Crippen molar-refractivity contribution >= 4 is 22.4 Å². The Morgan fingerprint density at radius 1 is 0.441 bits per heavy atom. The number of benzene rings is 7. The van der Waals surface area contributed by atoms with Crippen LogP contribution in [0.5, 0.6) is 0 Å². The van der Waals surface area contributed by atoms with E-state index in [4.69, 9.17) is 15.0 Å². The normalized spacial score (nSPS) is 12.0. The second-order valence-corrected chi connectivity index (χ2v) is 14.8. The Kier molecular flexibility index (Phi) is 9.31. The largest absolute Gasteiger partial charge is 0.256 e. The molecule has 59 heavy (non-hydrogen) atoms. The van der Waals surface area contributed by atoms with Crippen molar-refractivity contribution in [2.24, 2.45) is 0 Å². The zero-order valence-corrected chi connectivity index (χ0v) is 32.1. The molecule has 4 nitrogen and oxygen atoms in total. The fourth-order valence-corrected chi connectivity index (χ4v) is 7.91. The number of nitrogens with zero attached hydrogens (tertiary/aromatic N) is 4. The molecule has 0 unspecified atom stereocenters. The molecule has 0 bridgehead atoms. The number of pyridine rings is 1. The van der Waals surface area contributed by atoms with E-state index in [1.54, 1.807) is 0 Å². The minimum Gasteiger partial charge on any atom is -0.256 e. The van der Waals surface area contributed by atoms with Gasteiger partial charge in [0, 0.05) is 28.1 Å². The van der Waals surface area contributed by atoms with Gasteiger partial charge in [-0.2, -0.15) is 5.26 Å². The Balaban J connectivity index is 0.957. The number of allylic oxidation sites excluding steroid dienone is 2. The number of aromatic nitrogens is 3. The number of hydrogen-bond acceptors (Lipinski definition) is 4. The summed E-state index contributed by atoms with van der Waals surface area (Å²) in [7, 11) is 0. The van der Waals surface area contributed by atoms with Gasteiger partial charge < -0.3 is 0 Å². The quantitative estimate of drug-likeness (QED) is 0.163. The lowest BCUT2D eigenvalue weighted by atomic mass is 9.93. The van der Waals surface area contributed by atoms with E-state index in [-0.39, 0.29) is 0 Å². The van der Waals surface area contributed by atoms with Crippen LogP contribution in [0.25, 0.3) is 89.7 Å². The van der Waals surface area contributed by atoms with Crippen LogP contribution in [0.4, 0.5) is 0 Å². The zero-order chi connectivity index (χ0) is 39.5. The first-order valence-corrected chi connectivity index (χ1v) is 19.8. The van der Waals surface area contributed by atoms with Crippen LogP contribution in [0.15, 0.2) is 200 Å². The molecule has 0 spiro atoms. The van der Waals surface area contributed by atoms with Crippen molar-refractivity contribution in [1.82, 2.24) is 15.0 Å². The van der Waals surface area contributed by atoms with Crippen molar-refractivity contribution in [2.45, 2.75) is 6.42 Å². The molecule has 0 N–H and O–H groups in total. The number of fused-ring (bicyclic) bond motifs is 2. The number of nitriles is 1. The van der Waals surface area contributed by atoms with E-state index in [2.05, 4.69) is 152 Å². The molecule has 0 saturated carbocycles. The summed E-state index contributed by atoms with van der Waals surface area (Å²) < 4.78 is 0. The SMILES string of the molecule is N#Cc1cc(-c2ccc(C3=c4ncccc4=CC=CC3)cc2)cc(-c2ccc3ccc(-c4ccc(-c5nc(-c6ccccc6)cc(-c6ccccc6)n5)cc4)cc3c2)c1. The van der Waals surface area contributed by atoms with Gasteiger partial charge in [-0.25, -0.2) is 9.97 Å². The van der Waals surface area contributed by atoms with Gasteiger partial charge in [0.25, 0.3) is 0 Å². The topological polar surface area (TPSA) is 62.5 Å². The van der Waals surface area contributed by atoms with Crippen LogP contribution in [0.3, 0.4) is 0 Å². The Hall–Kier alpha value is -8.00. The molecule has 276 valence electrons. The van der Waals surface area contributed by atoms with Gasteiger partial charge in [0.05, 0.1) is 28.4 Å². The summed E-state index contributed by atoms with van der Waals surface area (Å²) in [6.07, 6.45) is 9.08. The first kappa shape index (κ1) is 35.4. The molecule has 10 rings (SSSR count). The zero-order valence-electron chi connectivity index (χ0n) is 32.1. The lowest BCUT2D eigenvalue weighted by molar-refractivity contribution is 1.18. The maximum absolute atomic E-state index is 10.1. The predicted molar refractivity (Wildman–Crippen MR) is 241 cm³/mol. The molecular formula is C55H36N4. The fourth-order valence-electron chi connectivity index (χ4n) is 7.91. The summed E-state index contributed by atoms with van der Waals surface area (Å²) in [5.74, 6) is 0.688. The van der Waals surface area contributed by atoms with Crippen LogP contribution in [0.1, 0.15) is 17.5 Å². The highest BCUT2D eigenvalue weighted by Crippen LogP contribution is 2.34. The van der Waals surface area contributed by atoms with Crippen molar-refractivity contribution in [3.8, 4) is 73.4 Å². The minimum absolute atomic E-state index is 0.627. The van der Waals surface area contributed by atoms with Crippen LogP contribution in [0, 0.1) is 11.3 Å². The van der Waals surface area contributed by atoms with Crippen LogP contribution in [-0.2, 0) is 0 Å². The molecule has 0 atom stereocenters. The van der Waals surface area contributed by atoms with Crippen LogP contribution >= 0.6 is 0 Å². The molecular weight excluding hydrogens is 717 g/mol. The Morgan fingerprint density at radius 3 is 1.64 bits per heavy atom. The number of rotatable bonds is 7. The first-order valence-electron chi connectivity index (χ1n) is 19.8. The van der Waals surface area contributed by atoms with Gasteiger partial charge >= 0.3 is 0 Å². The molecule has 2 heterocycles. The van der Waals surface area contributed by atoms with Crippen molar-refractivity contribution in [2.75, 3.05) is 0 Å². The van der Waals surface area contributed by atoms with Gasteiger partial charge in [-0.05, 0) is 104 Å². The van der Waals surface area contributed by atoms with E-state index in [1.807, 2.05) is 60.8 Å². The summed E-state index contributed by atoms with van der Waals surface area (Å²) in [5, 5.41) is 14.5. The second kappa shape index (κ2) is 15.5. The third kappa shape index (κ3) is 7.26. The van der Waals surface area contributed by atoms with Crippen LogP contribution in [0.2, 0.25) is 0 Å². The molecule has 0 fully saturated rings. The summed E-state index contributed by atoms with van der Waals surface area (Å²) in [4.78, 5) is 14.7. The maximum Gasteiger partial charge on any atom is 0.160 e. The van der Waals surface area contributed by atoms with Gasteiger partial charge in [0.1, 0.15) is 0 Å². The smallest absolute Gasteiger partial charge is 0.160 e. The summed E-state index contributed by atoms with van der Waals surface area (Å²) in [5.41, 5.74) is 14.2. The van der Waals surface area contributed by atoms with Gasteiger partial charge in [0.2, 0.25) is 0 Å². The van der Waals surface area contributed by atoms with Gasteiger partial charge in [0.15, 0.2) is 5.82 Å². The molecule has 9 aromatic rings. The average molecular weight is 753 g/mol. The molecule has 0 saturated heterocycles. The highest BCUT2D eigenvalue weighted by molar-refractivity contribution is 5.92. The summed E-state index contributed by atoms with van der Waals surface area (Å²) in [6, 6.07) is 65.5. The molecule has 2 aromatic heterocycles. The van der Waals surface area contributed by atoms with Crippen LogP contribution in [-0.4, -0.2) is 15.0 Å². The summed E-state index contributed by atoms with van der Waals surface area (Å²) >= 11 is 0. The van der Waals surface area contributed by atoms with Gasteiger partial charge in [-0.1, -0.05) is 158 Å². The number of hydrogen-bond donors (Lipinski definition) is 0.